The first-order chi connectivity index (χ1) is 29.2. The van der Waals surface area contributed by atoms with Gasteiger partial charge in [0.15, 0.2) is 0 Å². The second kappa shape index (κ2) is 20.1. The molecule has 1 unspecified atom stereocenters. The number of aryl methyl sites for hydroxylation is 1. The molecular formula is C43H48ClN11O4S. The average Bonchev–Trinajstić information content (AvgIpc) is 4.05. The fraction of sp³-hybridized carbons (Fsp3) is 0.372. The first kappa shape index (κ1) is 42.6. The Bertz CT molecular complexity index is 2410. The molecule has 0 spiro atoms. The summed E-state index contributed by atoms with van der Waals surface area (Å²) in [7, 11) is 1.73. The molecule has 0 bridgehead atoms. The first-order valence-corrected chi connectivity index (χ1v) is 21.3. The van der Waals surface area contributed by atoms with Crippen LogP contribution in [0.2, 0.25) is 5.02 Å². The zero-order chi connectivity index (χ0) is 42.0. The van der Waals surface area contributed by atoms with Gasteiger partial charge < -0.3 is 20.3 Å². The number of nitrogens with zero attached hydrogens (tertiary/aromatic N) is 9. The standard InChI is InChI=1S/C43H48ClN11O4S/c1-28(45-3)39(56)24-36(42(58)54-22-11-14-32(54)26-55-43(49-50-52-55)60-33-15-5-4-6-16-33)29(2)59-27-31-25-53(51-48-31)21-12-20-46-41(57)38-23-30-13-7-8-17-34(30)40(47-38)35-18-9-10-19-37(35)44/h4-10,13,15-19,23,25,28-29,32,36,45H,11-12,14,20-22,24,26-27H2,1-3H3,(H,46,57)/t28-,29?,32-,36-/m0/s1. The van der Waals surface area contributed by atoms with Gasteiger partial charge in [-0.2, -0.15) is 0 Å². The van der Waals surface area contributed by atoms with Gasteiger partial charge in [-0.25, -0.2) is 9.67 Å². The minimum atomic E-state index is -0.711. The quantitative estimate of drug-likeness (QED) is 0.0928. The number of fused-ring (bicyclic) bond motifs is 1. The Balaban J connectivity index is 0.938. The summed E-state index contributed by atoms with van der Waals surface area (Å²) < 4.78 is 9.70. The van der Waals surface area contributed by atoms with Crippen LogP contribution in [-0.4, -0.2) is 101 Å². The number of rotatable bonds is 19. The lowest BCUT2D eigenvalue weighted by atomic mass is 9.92. The van der Waals surface area contributed by atoms with Crippen LogP contribution in [0.5, 0.6) is 0 Å². The van der Waals surface area contributed by atoms with Crippen molar-refractivity contribution in [3.8, 4) is 11.3 Å². The van der Waals surface area contributed by atoms with Gasteiger partial charge in [0.1, 0.15) is 17.2 Å². The van der Waals surface area contributed by atoms with Crippen LogP contribution in [-0.2, 0) is 34.0 Å². The van der Waals surface area contributed by atoms with E-state index in [0.717, 1.165) is 34.1 Å². The maximum Gasteiger partial charge on any atom is 0.269 e. The van der Waals surface area contributed by atoms with E-state index in [2.05, 4.69) is 36.5 Å². The number of tetrazole rings is 1. The normalized spacial score (nSPS) is 15.5. The van der Waals surface area contributed by atoms with E-state index >= 15 is 0 Å². The predicted molar refractivity (Wildman–Crippen MR) is 228 cm³/mol. The molecule has 1 fully saturated rings. The second-order valence-corrected chi connectivity index (χ2v) is 16.3. The summed E-state index contributed by atoms with van der Waals surface area (Å²) in [5.74, 6) is -1.20. The number of Topliss-reactive ketones (excluding diaryl/α,β-unsaturated/α-hetero) is 1. The molecule has 0 saturated carbocycles. The highest BCUT2D eigenvalue weighted by molar-refractivity contribution is 7.99. The summed E-state index contributed by atoms with van der Waals surface area (Å²) in [5, 5.41) is 29.9. The Morgan fingerprint density at radius 2 is 1.77 bits per heavy atom. The molecule has 7 rings (SSSR count). The van der Waals surface area contributed by atoms with E-state index in [-0.39, 0.29) is 36.7 Å². The number of halogens is 1. The van der Waals surface area contributed by atoms with Gasteiger partial charge >= 0.3 is 0 Å². The van der Waals surface area contributed by atoms with Crippen molar-refractivity contribution in [1.29, 1.82) is 0 Å². The number of hydrogen-bond donors (Lipinski definition) is 2. The molecule has 2 amide bonds. The molecule has 3 aromatic heterocycles. The third-order valence-corrected chi connectivity index (χ3v) is 12.1. The van der Waals surface area contributed by atoms with Crippen molar-refractivity contribution in [3.63, 3.8) is 0 Å². The molecule has 4 atom stereocenters. The van der Waals surface area contributed by atoms with Crippen molar-refractivity contribution in [2.24, 2.45) is 5.92 Å². The highest BCUT2D eigenvalue weighted by Crippen LogP contribution is 2.33. The third kappa shape index (κ3) is 10.4. The fourth-order valence-electron chi connectivity index (χ4n) is 7.27. The molecule has 0 aliphatic carbocycles. The minimum Gasteiger partial charge on any atom is -0.371 e. The molecule has 60 heavy (non-hydrogen) atoms. The van der Waals surface area contributed by atoms with Crippen LogP contribution in [0.1, 0.15) is 55.7 Å². The number of carbonyl (C=O) groups is 3. The molecule has 1 aliphatic rings. The monoisotopic (exact) mass is 849 g/mol. The lowest BCUT2D eigenvalue weighted by molar-refractivity contribution is -0.145. The molecule has 4 heterocycles. The van der Waals surface area contributed by atoms with E-state index in [9.17, 15) is 14.4 Å². The molecule has 0 radical (unpaired) electrons. The summed E-state index contributed by atoms with van der Waals surface area (Å²) in [6.07, 6.45) is 3.44. The molecule has 15 nitrogen and oxygen atoms in total. The second-order valence-electron chi connectivity index (χ2n) is 14.8. The van der Waals surface area contributed by atoms with Gasteiger partial charge in [0, 0.05) is 46.9 Å². The lowest BCUT2D eigenvalue weighted by Crippen LogP contribution is -2.46. The van der Waals surface area contributed by atoms with E-state index in [0.29, 0.717) is 59.9 Å². The van der Waals surface area contributed by atoms with Crippen molar-refractivity contribution in [3.05, 3.63) is 108 Å². The van der Waals surface area contributed by atoms with Crippen LogP contribution in [0.4, 0.5) is 0 Å². The number of nitrogens with one attached hydrogen (secondary N) is 2. The molecule has 312 valence electrons. The molecule has 1 aliphatic heterocycles. The van der Waals surface area contributed by atoms with Crippen LogP contribution >= 0.6 is 23.4 Å². The molecule has 2 N–H and O–H groups in total. The molecule has 17 heteroatoms. The van der Waals surface area contributed by atoms with Gasteiger partial charge in [-0.3, -0.25) is 19.1 Å². The summed E-state index contributed by atoms with van der Waals surface area (Å²) in [6.45, 7) is 5.62. The van der Waals surface area contributed by atoms with Gasteiger partial charge in [-0.05, 0) is 92.0 Å². The Hall–Kier alpha value is -5.55. The highest BCUT2D eigenvalue weighted by Gasteiger charge is 2.38. The largest absolute Gasteiger partial charge is 0.371 e. The average molecular weight is 850 g/mol. The van der Waals surface area contributed by atoms with Crippen molar-refractivity contribution in [1.82, 2.24) is 55.7 Å². The maximum absolute atomic E-state index is 14.3. The summed E-state index contributed by atoms with van der Waals surface area (Å²) in [5.41, 5.74) is 2.30. The number of likely N-dealkylation sites (N-methyl/N-ethyl adjacent to an activating group) is 1. The Labute approximate surface area is 357 Å². The predicted octanol–water partition coefficient (Wildman–Crippen LogP) is 5.88. The van der Waals surface area contributed by atoms with Gasteiger partial charge in [0.05, 0.1) is 49.1 Å². The van der Waals surface area contributed by atoms with E-state index in [1.807, 2.05) is 90.7 Å². The summed E-state index contributed by atoms with van der Waals surface area (Å²) in [4.78, 5) is 48.5. The molecule has 3 aromatic carbocycles. The van der Waals surface area contributed by atoms with Crippen LogP contribution in [0, 0.1) is 5.92 Å². The number of amides is 2. The number of benzene rings is 3. The first-order valence-electron chi connectivity index (χ1n) is 20.1. The van der Waals surface area contributed by atoms with Crippen LogP contribution in [0.25, 0.3) is 22.0 Å². The van der Waals surface area contributed by atoms with Crippen molar-refractivity contribution in [2.75, 3.05) is 20.1 Å². The van der Waals surface area contributed by atoms with Gasteiger partial charge in [0.2, 0.25) is 11.1 Å². The Morgan fingerprint density at radius 1 is 0.983 bits per heavy atom. The van der Waals surface area contributed by atoms with Crippen LogP contribution < -0.4 is 10.6 Å². The molecule has 1 saturated heterocycles. The topological polar surface area (TPSA) is 175 Å². The smallest absolute Gasteiger partial charge is 0.269 e. The zero-order valence-electron chi connectivity index (χ0n) is 33.8. The highest BCUT2D eigenvalue weighted by atomic mass is 35.5. The third-order valence-electron chi connectivity index (χ3n) is 10.7. The Kier molecular flexibility index (Phi) is 14.3. The van der Waals surface area contributed by atoms with Gasteiger partial charge in [0.25, 0.3) is 5.91 Å². The van der Waals surface area contributed by atoms with E-state index in [1.165, 1.54) is 11.8 Å². The van der Waals surface area contributed by atoms with Crippen LogP contribution in [0.15, 0.2) is 101 Å². The number of ether oxygens (including phenoxy) is 1. The molecule has 6 aromatic rings. The van der Waals surface area contributed by atoms with Gasteiger partial charge in [-0.15, -0.1) is 10.2 Å². The zero-order valence-corrected chi connectivity index (χ0v) is 35.4. The van der Waals surface area contributed by atoms with Gasteiger partial charge in [-0.1, -0.05) is 77.5 Å². The van der Waals surface area contributed by atoms with Crippen molar-refractivity contribution in [2.45, 2.75) is 87.5 Å². The maximum atomic E-state index is 14.3. The molecular weight excluding hydrogens is 802 g/mol. The number of likely N-dealkylation sites (tertiary alicyclic amines) is 1. The number of ketones is 1. The number of pyridine rings is 1. The van der Waals surface area contributed by atoms with E-state index < -0.39 is 18.1 Å². The van der Waals surface area contributed by atoms with Crippen molar-refractivity contribution >= 4 is 51.7 Å². The SMILES string of the molecule is CN[C@@H](C)C(=O)C[C@H](C(=O)N1CCC[C@H]1Cn1nnnc1Sc1ccccc1)C(C)OCc1cn(CCCNC(=O)c2cc3ccccc3c(-c3ccccc3Cl)n2)nn1. The minimum absolute atomic E-state index is 0.0274. The van der Waals surface area contributed by atoms with E-state index in [4.69, 9.17) is 21.3 Å². The fourth-order valence-corrected chi connectivity index (χ4v) is 8.29. The Morgan fingerprint density at radius 3 is 2.58 bits per heavy atom. The number of carbonyl (C=O) groups excluding carboxylic acids is 3. The number of hydrogen-bond acceptors (Lipinski definition) is 12. The van der Waals surface area contributed by atoms with E-state index in [1.54, 1.807) is 35.6 Å². The van der Waals surface area contributed by atoms with Crippen LogP contribution in [0.3, 0.4) is 0 Å². The summed E-state index contributed by atoms with van der Waals surface area (Å²) >= 11 is 7.99. The summed E-state index contributed by atoms with van der Waals surface area (Å²) in [6, 6.07) is 26.4. The lowest BCUT2D eigenvalue weighted by Gasteiger charge is -2.31. The number of aromatic nitrogens is 8. The van der Waals surface area contributed by atoms with Crippen molar-refractivity contribution < 1.29 is 19.1 Å².